The first-order valence-electron chi connectivity index (χ1n) is 24.0. The largest absolute Gasteiger partial charge is 0.490 e. The number of hydrogen-bond donors (Lipinski definition) is 9. The Morgan fingerprint density at radius 3 is 1.89 bits per heavy atom. The summed E-state index contributed by atoms with van der Waals surface area (Å²) in [5.74, 6) is -6.97. The first-order valence-corrected chi connectivity index (χ1v) is 24.0. The summed E-state index contributed by atoms with van der Waals surface area (Å²) in [5.41, 5.74) is 7.52. The molecule has 10 N–H and O–H groups in total. The maximum Gasteiger partial charge on any atom is 0.490 e. The van der Waals surface area contributed by atoms with Gasteiger partial charge in [-0.3, -0.25) is 43.2 Å². The zero-order chi connectivity index (χ0) is 54.0. The Balaban J connectivity index is 0.00000181. The molecule has 0 aromatic heterocycles. The van der Waals surface area contributed by atoms with Crippen LogP contribution >= 0.6 is 0 Å². The van der Waals surface area contributed by atoms with Crippen LogP contribution in [0.5, 0.6) is 0 Å². The normalized spacial score (nSPS) is 16.1. The number of likely N-dealkylation sites (tertiary alicyclic amines) is 1. The lowest BCUT2D eigenvalue weighted by Gasteiger charge is -2.29. The van der Waals surface area contributed by atoms with Crippen LogP contribution in [0.15, 0.2) is 42.5 Å². The molecule has 1 aliphatic carbocycles. The van der Waals surface area contributed by atoms with Crippen LogP contribution in [0.1, 0.15) is 125 Å². The Kier molecular flexibility index (Phi) is 22.8. The molecule has 20 nitrogen and oxygen atoms in total. The fraction of sp³-hybridized carbons (Fsp3) is 0.551. The highest BCUT2D eigenvalue weighted by molar-refractivity contribution is 6.30. The van der Waals surface area contributed by atoms with Crippen molar-refractivity contribution in [3.05, 3.63) is 64.7 Å². The molecule has 1 saturated heterocycles. The highest BCUT2D eigenvalue weighted by Crippen LogP contribution is 2.32. The molecule has 0 unspecified atom stereocenters. The van der Waals surface area contributed by atoms with Gasteiger partial charge in [-0.2, -0.15) is 13.2 Å². The van der Waals surface area contributed by atoms with Gasteiger partial charge in [0.15, 0.2) is 11.6 Å². The van der Waals surface area contributed by atoms with Crippen LogP contribution in [-0.4, -0.2) is 137 Å². The summed E-state index contributed by atoms with van der Waals surface area (Å²) in [6.07, 6.45) is -2.27. The molecular formula is C49H68F3N9O11. The molecule has 0 spiro atoms. The molecule has 1 heterocycles. The van der Waals surface area contributed by atoms with Crippen molar-refractivity contribution >= 4 is 64.6 Å². The molecule has 2 aliphatic rings. The number of carboxylic acids is 1. The predicted octanol–water partition coefficient (Wildman–Crippen LogP) is 2.32. The maximum atomic E-state index is 14.0. The minimum absolute atomic E-state index is 0.00901. The number of alkyl halides is 3. The quantitative estimate of drug-likeness (QED) is 0.0617. The molecular weight excluding hydrogens is 948 g/mol. The average molecular weight is 1020 g/mol. The molecule has 1 fully saturated rings. The number of benzene rings is 2. The molecule has 2 aromatic rings. The predicted molar refractivity (Wildman–Crippen MR) is 258 cm³/mol. The monoisotopic (exact) mass is 1020 g/mol. The Morgan fingerprint density at radius 2 is 1.31 bits per heavy atom. The van der Waals surface area contributed by atoms with Gasteiger partial charge in [-0.25, -0.2) is 4.79 Å². The van der Waals surface area contributed by atoms with Crippen LogP contribution in [0.2, 0.25) is 0 Å². The lowest BCUT2D eigenvalue weighted by molar-refractivity contribution is -0.192. The van der Waals surface area contributed by atoms with Gasteiger partial charge in [-0.05, 0) is 70.3 Å². The minimum atomic E-state index is -5.08. The fourth-order valence-corrected chi connectivity index (χ4v) is 7.91. The van der Waals surface area contributed by atoms with E-state index in [0.717, 1.165) is 0 Å². The molecule has 23 heteroatoms. The van der Waals surface area contributed by atoms with Gasteiger partial charge in [0.2, 0.25) is 41.4 Å². The van der Waals surface area contributed by atoms with E-state index in [-0.39, 0.29) is 55.1 Å². The van der Waals surface area contributed by atoms with Crippen molar-refractivity contribution in [3.63, 3.8) is 0 Å². The van der Waals surface area contributed by atoms with Crippen molar-refractivity contribution in [2.45, 2.75) is 136 Å². The van der Waals surface area contributed by atoms with Crippen LogP contribution in [0, 0.1) is 11.8 Å². The number of halogens is 3. The van der Waals surface area contributed by atoms with Crippen LogP contribution in [0.3, 0.4) is 0 Å². The number of carboxylic acid groups (broad SMARTS) is 1. The summed E-state index contributed by atoms with van der Waals surface area (Å²) in [6, 6.07) is 6.27. The van der Waals surface area contributed by atoms with Crippen molar-refractivity contribution in [1.82, 2.24) is 36.8 Å². The van der Waals surface area contributed by atoms with E-state index in [1.54, 1.807) is 42.5 Å². The summed E-state index contributed by atoms with van der Waals surface area (Å²) in [4.78, 5) is 129. The number of carbonyl (C=O) groups excluding carboxylic acids is 9. The van der Waals surface area contributed by atoms with Gasteiger partial charge in [-0.1, -0.05) is 77.4 Å². The van der Waals surface area contributed by atoms with E-state index in [1.807, 2.05) is 34.6 Å². The van der Waals surface area contributed by atoms with E-state index in [4.69, 9.17) is 15.6 Å². The molecule has 7 amide bonds. The van der Waals surface area contributed by atoms with Crippen LogP contribution in [-0.2, 0) is 38.4 Å². The molecule has 396 valence electrons. The van der Waals surface area contributed by atoms with E-state index in [9.17, 15) is 56.3 Å². The Hall–Kier alpha value is -6.91. The topological polar surface area (TPSA) is 304 Å². The summed E-state index contributed by atoms with van der Waals surface area (Å²) in [6.45, 7) is 12.8. The molecule has 2 aromatic carbocycles. The average Bonchev–Trinajstić information content (AvgIpc) is 3.81. The molecule has 0 bridgehead atoms. The van der Waals surface area contributed by atoms with E-state index in [2.05, 4.69) is 37.2 Å². The zero-order valence-corrected chi connectivity index (χ0v) is 41.6. The third-order valence-corrected chi connectivity index (χ3v) is 11.5. The standard InChI is InChI=1S/C47H67N9O9.C2HF3O2/c1-8-14-34(54-43(61)29(7)52-42(60)28(6)48)45(63)55-35(23-26(2)3)44(62)51-25-38(57)53-36(24-27(4)5)47(65)56-22-12-19-37(56)46(64)50-21-13-20-49-33-18-11-17-32-39(33)41(59)31-16-10-9-15-30(31)40(32)58;3-2(4,5)1(6)7/h9-11,15-18,26-29,34-37,49H,8,12-14,19-25,48H2,1-7H3,(H,50,64)(H,51,62)(H,52,60)(H,53,57)(H,54,61)(H,55,63);(H,6,7)/t28-,29+,34+,35+,36+,37+;/m1./s1. The summed E-state index contributed by atoms with van der Waals surface area (Å²) < 4.78 is 31.7. The lowest BCUT2D eigenvalue weighted by atomic mass is 9.83. The summed E-state index contributed by atoms with van der Waals surface area (Å²) in [7, 11) is 0. The summed E-state index contributed by atoms with van der Waals surface area (Å²) in [5, 5.41) is 26.5. The van der Waals surface area contributed by atoms with Crippen molar-refractivity contribution < 1.29 is 66.2 Å². The third-order valence-electron chi connectivity index (χ3n) is 11.5. The number of hydrogen-bond acceptors (Lipinski definition) is 12. The number of aliphatic carboxylic acids is 1. The SMILES string of the molecule is CCC[C@H](NC(=O)[C@H](C)NC(=O)[C@@H](C)N)C(=O)N[C@@H](CC(C)C)C(=O)NCC(=O)N[C@@H](CC(C)C)C(=O)N1CCC[C@H]1C(=O)NCCCNc1cccc2c1C(=O)c1ccccc1C2=O.O=C(O)C(F)(F)F. The van der Waals surface area contributed by atoms with E-state index in [0.29, 0.717) is 66.7 Å². The van der Waals surface area contributed by atoms with Crippen LogP contribution in [0.4, 0.5) is 18.9 Å². The Bertz CT molecular complexity index is 2310. The van der Waals surface area contributed by atoms with E-state index < -0.39 is 90.4 Å². The molecule has 0 radical (unpaired) electrons. The van der Waals surface area contributed by atoms with Crippen molar-refractivity contribution in [2.24, 2.45) is 17.6 Å². The smallest absolute Gasteiger partial charge is 0.475 e. The van der Waals surface area contributed by atoms with Gasteiger partial charge < -0.3 is 53.0 Å². The highest BCUT2D eigenvalue weighted by Gasteiger charge is 2.39. The summed E-state index contributed by atoms with van der Waals surface area (Å²) >= 11 is 0. The Morgan fingerprint density at radius 1 is 0.722 bits per heavy atom. The van der Waals surface area contributed by atoms with Gasteiger partial charge >= 0.3 is 12.1 Å². The number of amides is 7. The van der Waals surface area contributed by atoms with Gasteiger partial charge in [0, 0.05) is 42.0 Å². The maximum absolute atomic E-state index is 14.0. The number of nitrogens with zero attached hydrogens (tertiary/aromatic N) is 1. The highest BCUT2D eigenvalue weighted by atomic mass is 19.4. The molecule has 6 atom stereocenters. The Labute approximate surface area is 416 Å². The third kappa shape index (κ3) is 17.4. The fourth-order valence-electron chi connectivity index (χ4n) is 7.91. The molecule has 0 saturated carbocycles. The molecule has 1 aliphatic heterocycles. The number of rotatable bonds is 23. The van der Waals surface area contributed by atoms with E-state index >= 15 is 0 Å². The zero-order valence-electron chi connectivity index (χ0n) is 41.6. The van der Waals surface area contributed by atoms with Gasteiger partial charge in [0.25, 0.3) is 0 Å². The molecule has 4 rings (SSSR count). The number of nitrogens with two attached hydrogens (primary N) is 1. The minimum Gasteiger partial charge on any atom is -0.475 e. The van der Waals surface area contributed by atoms with Crippen molar-refractivity contribution in [2.75, 3.05) is 31.5 Å². The number of carbonyl (C=O) groups is 10. The number of ketones is 2. The van der Waals surface area contributed by atoms with Gasteiger partial charge in [-0.15, -0.1) is 0 Å². The second-order valence-corrected chi connectivity index (χ2v) is 18.5. The first-order chi connectivity index (χ1) is 33.8. The number of anilines is 1. The number of nitrogens with one attached hydrogen (secondary N) is 7. The van der Waals surface area contributed by atoms with Crippen LogP contribution < -0.4 is 43.0 Å². The lowest BCUT2D eigenvalue weighted by Crippen LogP contribution is -2.58. The van der Waals surface area contributed by atoms with Crippen molar-refractivity contribution in [1.29, 1.82) is 0 Å². The second kappa shape index (κ2) is 27.6. The molecule has 72 heavy (non-hydrogen) atoms. The van der Waals surface area contributed by atoms with E-state index in [1.165, 1.54) is 18.7 Å². The number of fused-ring (bicyclic) bond motifs is 2. The van der Waals surface area contributed by atoms with Crippen LogP contribution in [0.25, 0.3) is 0 Å². The van der Waals surface area contributed by atoms with Gasteiger partial charge in [0.1, 0.15) is 30.2 Å². The van der Waals surface area contributed by atoms with Crippen molar-refractivity contribution in [3.8, 4) is 0 Å². The second-order valence-electron chi connectivity index (χ2n) is 18.5. The van der Waals surface area contributed by atoms with Gasteiger partial charge in [0.05, 0.1) is 18.2 Å². The first kappa shape index (κ1) is 59.4.